The van der Waals surface area contributed by atoms with E-state index in [-0.39, 0.29) is 51.0 Å². The molecule has 11 heavy (non-hydrogen) atoms. The van der Waals surface area contributed by atoms with Gasteiger partial charge < -0.3 is 24.8 Å². The predicted molar refractivity (Wildman–Crippen MR) is 35.8 cm³/mol. The molecular formula is C8H10Cl2Zr. The van der Waals surface area contributed by atoms with Gasteiger partial charge in [0.25, 0.3) is 0 Å². The third kappa shape index (κ3) is 7.06. The largest absolute Gasteiger partial charge is 2.00 e. The smallest absolute Gasteiger partial charge is 1.00 e. The first-order valence-corrected chi connectivity index (χ1v) is 2.97. The van der Waals surface area contributed by atoms with Gasteiger partial charge in [0, 0.05) is 0 Å². The first-order valence-electron chi connectivity index (χ1n) is 2.97. The van der Waals surface area contributed by atoms with Crippen LogP contribution in [0.25, 0.3) is 0 Å². The number of aryl methyl sites for hydroxylation is 1. The van der Waals surface area contributed by atoms with Crippen molar-refractivity contribution in [1.29, 1.82) is 0 Å². The van der Waals surface area contributed by atoms with Gasteiger partial charge in [-0.1, -0.05) is 37.3 Å². The average molecular weight is 268 g/mol. The fourth-order valence-electron chi connectivity index (χ4n) is 0.714. The van der Waals surface area contributed by atoms with Crippen molar-refractivity contribution < 1.29 is 51.0 Å². The third-order valence-corrected chi connectivity index (χ3v) is 1.25. The molecule has 0 amide bonds. The second-order valence-electron chi connectivity index (χ2n) is 1.84. The zero-order chi connectivity index (χ0) is 5.82. The number of hydrogen-bond acceptors (Lipinski definition) is 0. The Morgan fingerprint density at radius 2 is 1.45 bits per heavy atom. The molecule has 1 aromatic rings. The van der Waals surface area contributed by atoms with E-state index in [1.54, 1.807) is 0 Å². The average Bonchev–Trinajstić information content (AvgIpc) is 1.90. The van der Waals surface area contributed by atoms with Crippen LogP contribution in [0, 0.1) is 0 Å². The molecule has 0 aromatic heterocycles. The van der Waals surface area contributed by atoms with Crippen molar-refractivity contribution in [2.75, 3.05) is 0 Å². The fraction of sp³-hybridized carbons (Fsp3) is 0.250. The van der Waals surface area contributed by atoms with E-state index >= 15 is 0 Å². The van der Waals surface area contributed by atoms with Gasteiger partial charge in [0.2, 0.25) is 0 Å². The first-order chi connectivity index (χ1) is 3.93. The van der Waals surface area contributed by atoms with Gasteiger partial charge in [-0.15, -0.1) is 0 Å². The van der Waals surface area contributed by atoms with Crippen LogP contribution in [0.1, 0.15) is 12.5 Å². The molecule has 0 unspecified atom stereocenters. The summed E-state index contributed by atoms with van der Waals surface area (Å²) < 4.78 is 0. The summed E-state index contributed by atoms with van der Waals surface area (Å²) in [5.74, 6) is 0. The van der Waals surface area contributed by atoms with E-state index in [1.165, 1.54) is 5.56 Å². The minimum absolute atomic E-state index is 0. The molecule has 1 aromatic carbocycles. The van der Waals surface area contributed by atoms with Crippen molar-refractivity contribution in [3.63, 3.8) is 0 Å². The summed E-state index contributed by atoms with van der Waals surface area (Å²) in [6.07, 6.45) is 1.14. The molecule has 0 N–H and O–H groups in total. The van der Waals surface area contributed by atoms with Gasteiger partial charge in [-0.25, -0.2) is 0 Å². The minimum Gasteiger partial charge on any atom is -1.00 e. The maximum atomic E-state index is 2.16. The van der Waals surface area contributed by atoms with Gasteiger partial charge in [-0.3, -0.25) is 0 Å². The Morgan fingerprint density at radius 3 is 1.73 bits per heavy atom. The third-order valence-electron chi connectivity index (χ3n) is 1.25. The van der Waals surface area contributed by atoms with Crippen LogP contribution in [0.3, 0.4) is 0 Å². The SMILES string of the molecule is CCc1ccccc1.[Cl-].[Cl-].[Zr+2]. The molecule has 0 radical (unpaired) electrons. The van der Waals surface area contributed by atoms with Gasteiger partial charge in [0.05, 0.1) is 0 Å². The Bertz CT molecular complexity index is 153. The summed E-state index contributed by atoms with van der Waals surface area (Å²) in [5, 5.41) is 0. The molecular weight excluding hydrogens is 258 g/mol. The van der Waals surface area contributed by atoms with Crippen LogP contribution in [0.15, 0.2) is 30.3 Å². The molecule has 0 aliphatic carbocycles. The van der Waals surface area contributed by atoms with Crippen molar-refractivity contribution in [2.24, 2.45) is 0 Å². The van der Waals surface area contributed by atoms with E-state index in [0.717, 1.165) is 6.42 Å². The van der Waals surface area contributed by atoms with Crippen LogP contribution in [0.5, 0.6) is 0 Å². The number of hydrogen-bond donors (Lipinski definition) is 0. The quantitative estimate of drug-likeness (QED) is 0.491. The second kappa shape index (κ2) is 10.7. The molecule has 0 saturated heterocycles. The normalized spacial score (nSPS) is 6.64. The van der Waals surface area contributed by atoms with Crippen LogP contribution >= 0.6 is 0 Å². The Balaban J connectivity index is -0.000000213. The van der Waals surface area contributed by atoms with Crippen molar-refractivity contribution in [2.45, 2.75) is 13.3 Å². The van der Waals surface area contributed by atoms with E-state index in [4.69, 9.17) is 0 Å². The summed E-state index contributed by atoms with van der Waals surface area (Å²) in [4.78, 5) is 0. The zero-order valence-electron chi connectivity index (χ0n) is 6.35. The molecule has 0 nitrogen and oxygen atoms in total. The number of rotatable bonds is 1. The van der Waals surface area contributed by atoms with E-state index in [0.29, 0.717) is 0 Å². The molecule has 0 aliphatic rings. The summed E-state index contributed by atoms with van der Waals surface area (Å²) in [5.41, 5.74) is 1.41. The maximum absolute atomic E-state index is 2.16. The molecule has 0 saturated carbocycles. The summed E-state index contributed by atoms with van der Waals surface area (Å²) >= 11 is 0. The Morgan fingerprint density at radius 1 is 1.00 bits per heavy atom. The second-order valence-corrected chi connectivity index (χ2v) is 1.84. The van der Waals surface area contributed by atoms with Gasteiger partial charge in [-0.2, -0.15) is 0 Å². The molecule has 0 fully saturated rings. The van der Waals surface area contributed by atoms with Crippen molar-refractivity contribution in [3.05, 3.63) is 35.9 Å². The van der Waals surface area contributed by atoms with E-state index < -0.39 is 0 Å². The van der Waals surface area contributed by atoms with Gasteiger partial charge in [0.1, 0.15) is 0 Å². The molecule has 1 rings (SSSR count). The molecule has 3 heteroatoms. The van der Waals surface area contributed by atoms with Crippen molar-refractivity contribution in [1.82, 2.24) is 0 Å². The monoisotopic (exact) mass is 266 g/mol. The standard InChI is InChI=1S/C8H10.2ClH.Zr/c1-2-8-6-4-3-5-7-8;;;/h3-7H,2H2,1H3;2*1H;/q;;;+2/p-2. The van der Waals surface area contributed by atoms with Crippen molar-refractivity contribution >= 4 is 0 Å². The topological polar surface area (TPSA) is 0 Å². The number of benzene rings is 1. The molecule has 60 valence electrons. The maximum Gasteiger partial charge on any atom is 2.00 e. The van der Waals surface area contributed by atoms with E-state index in [1.807, 2.05) is 6.07 Å². The zero-order valence-corrected chi connectivity index (χ0v) is 10.3. The Labute approximate surface area is 99.7 Å². The molecule has 0 atom stereocenters. The van der Waals surface area contributed by atoms with E-state index in [9.17, 15) is 0 Å². The van der Waals surface area contributed by atoms with Crippen LogP contribution in [0.4, 0.5) is 0 Å². The van der Waals surface area contributed by atoms with Gasteiger partial charge in [-0.05, 0) is 12.0 Å². The van der Waals surface area contributed by atoms with E-state index in [2.05, 4.69) is 31.2 Å². The molecule has 0 bridgehead atoms. The first kappa shape index (κ1) is 17.7. The Hall–Kier alpha value is 0.683. The van der Waals surface area contributed by atoms with Gasteiger partial charge >= 0.3 is 26.2 Å². The van der Waals surface area contributed by atoms with Crippen molar-refractivity contribution in [3.8, 4) is 0 Å². The minimum atomic E-state index is 0. The summed E-state index contributed by atoms with van der Waals surface area (Å²) in [7, 11) is 0. The summed E-state index contributed by atoms with van der Waals surface area (Å²) in [6, 6.07) is 10.5. The van der Waals surface area contributed by atoms with Crippen LogP contribution in [-0.2, 0) is 32.6 Å². The molecule has 0 aliphatic heterocycles. The molecule has 0 spiro atoms. The van der Waals surface area contributed by atoms with Crippen LogP contribution < -0.4 is 24.8 Å². The fourth-order valence-corrected chi connectivity index (χ4v) is 0.714. The number of halogens is 2. The summed E-state index contributed by atoms with van der Waals surface area (Å²) in [6.45, 7) is 2.16. The predicted octanol–water partition coefficient (Wildman–Crippen LogP) is -3.75. The van der Waals surface area contributed by atoms with Crippen LogP contribution in [0.2, 0.25) is 0 Å². The molecule has 0 heterocycles. The Kier molecular flexibility index (Phi) is 17.2. The van der Waals surface area contributed by atoms with Gasteiger partial charge in [0.15, 0.2) is 0 Å². The van der Waals surface area contributed by atoms with Crippen LogP contribution in [-0.4, -0.2) is 0 Å².